The molecule has 0 aliphatic heterocycles. The molecule has 2 heterocycles. The van der Waals surface area contributed by atoms with Gasteiger partial charge in [-0.3, -0.25) is 9.89 Å². The van der Waals surface area contributed by atoms with E-state index in [9.17, 15) is 4.79 Å². The van der Waals surface area contributed by atoms with Crippen LogP contribution in [0.4, 0.5) is 5.69 Å². The molecule has 1 aromatic carbocycles. The zero-order chi connectivity index (χ0) is 14.5. The summed E-state index contributed by atoms with van der Waals surface area (Å²) in [6.07, 6.45) is 3.55. The number of amides is 1. The molecule has 3 N–H and O–H groups in total. The molecule has 0 aliphatic rings. The van der Waals surface area contributed by atoms with Gasteiger partial charge in [-0.1, -0.05) is 23.9 Å². The minimum Gasteiger partial charge on any atom is -0.356 e. The highest BCUT2D eigenvalue weighted by atomic mass is 32.2. The van der Waals surface area contributed by atoms with Gasteiger partial charge in [-0.15, -0.1) is 0 Å². The SMILES string of the molecule is O=C(CSc1ccc[nH]1)Nc1ccc(-c2ccn[nH]2)cc1. The molecular formula is C15H14N4OS. The van der Waals surface area contributed by atoms with E-state index in [4.69, 9.17) is 0 Å². The van der Waals surface area contributed by atoms with Gasteiger partial charge >= 0.3 is 0 Å². The molecule has 6 heteroatoms. The number of carbonyl (C=O) groups is 1. The van der Waals surface area contributed by atoms with Crippen molar-refractivity contribution < 1.29 is 4.79 Å². The summed E-state index contributed by atoms with van der Waals surface area (Å²) in [7, 11) is 0. The Balaban J connectivity index is 1.56. The van der Waals surface area contributed by atoms with E-state index in [0.29, 0.717) is 5.75 Å². The molecule has 0 saturated heterocycles. The number of aromatic amines is 2. The smallest absolute Gasteiger partial charge is 0.234 e. The van der Waals surface area contributed by atoms with Gasteiger partial charge in [0.25, 0.3) is 0 Å². The summed E-state index contributed by atoms with van der Waals surface area (Å²) in [5.74, 6) is 0.354. The first kappa shape index (κ1) is 13.5. The largest absolute Gasteiger partial charge is 0.356 e. The Hall–Kier alpha value is -2.47. The molecular weight excluding hydrogens is 284 g/mol. The Kier molecular flexibility index (Phi) is 4.07. The van der Waals surface area contributed by atoms with Gasteiger partial charge in [0.2, 0.25) is 5.91 Å². The lowest BCUT2D eigenvalue weighted by Crippen LogP contribution is -2.13. The Morgan fingerprint density at radius 3 is 2.71 bits per heavy atom. The van der Waals surface area contributed by atoms with Crippen molar-refractivity contribution in [2.75, 3.05) is 11.1 Å². The van der Waals surface area contributed by atoms with E-state index in [1.807, 2.05) is 48.7 Å². The predicted molar refractivity (Wildman–Crippen MR) is 84.2 cm³/mol. The molecule has 3 aromatic rings. The first-order valence-electron chi connectivity index (χ1n) is 6.47. The van der Waals surface area contributed by atoms with Gasteiger partial charge in [0.1, 0.15) is 0 Å². The second-order valence-electron chi connectivity index (χ2n) is 4.42. The topological polar surface area (TPSA) is 73.6 Å². The van der Waals surface area contributed by atoms with E-state index >= 15 is 0 Å². The molecule has 0 saturated carbocycles. The lowest BCUT2D eigenvalue weighted by molar-refractivity contribution is -0.113. The van der Waals surface area contributed by atoms with Crippen LogP contribution < -0.4 is 5.32 Å². The van der Waals surface area contributed by atoms with Gasteiger partial charge in [-0.2, -0.15) is 5.10 Å². The van der Waals surface area contributed by atoms with Crippen molar-refractivity contribution in [3.63, 3.8) is 0 Å². The van der Waals surface area contributed by atoms with E-state index in [1.54, 1.807) is 6.20 Å². The molecule has 0 spiro atoms. The van der Waals surface area contributed by atoms with Crippen LogP contribution in [0.15, 0.2) is 59.9 Å². The fourth-order valence-corrected chi connectivity index (χ4v) is 2.58. The highest BCUT2D eigenvalue weighted by molar-refractivity contribution is 7.99. The van der Waals surface area contributed by atoms with Crippen molar-refractivity contribution in [3.05, 3.63) is 54.9 Å². The quantitative estimate of drug-likeness (QED) is 0.634. The number of hydrogen-bond donors (Lipinski definition) is 3. The third-order valence-electron chi connectivity index (χ3n) is 2.91. The van der Waals surface area contributed by atoms with Crippen molar-refractivity contribution in [1.29, 1.82) is 0 Å². The lowest BCUT2D eigenvalue weighted by atomic mass is 10.1. The van der Waals surface area contributed by atoms with E-state index in [0.717, 1.165) is 22.0 Å². The number of carbonyl (C=O) groups excluding carboxylic acids is 1. The molecule has 0 fully saturated rings. The highest BCUT2D eigenvalue weighted by Gasteiger charge is 2.05. The summed E-state index contributed by atoms with van der Waals surface area (Å²) in [6, 6.07) is 13.4. The molecule has 21 heavy (non-hydrogen) atoms. The van der Waals surface area contributed by atoms with Crippen LogP contribution in [0.1, 0.15) is 0 Å². The lowest BCUT2D eigenvalue weighted by Gasteiger charge is -2.05. The number of thioether (sulfide) groups is 1. The molecule has 106 valence electrons. The van der Waals surface area contributed by atoms with E-state index in [1.165, 1.54) is 11.8 Å². The maximum atomic E-state index is 11.9. The summed E-state index contributed by atoms with van der Waals surface area (Å²) in [5.41, 5.74) is 2.77. The Morgan fingerprint density at radius 1 is 1.19 bits per heavy atom. The third kappa shape index (κ3) is 3.55. The second kappa shape index (κ2) is 6.32. The van der Waals surface area contributed by atoms with E-state index in [2.05, 4.69) is 20.5 Å². The van der Waals surface area contributed by atoms with Crippen molar-refractivity contribution >= 4 is 23.4 Å². The summed E-state index contributed by atoms with van der Waals surface area (Å²) in [6.45, 7) is 0. The number of H-pyrrole nitrogens is 2. The number of nitrogens with zero attached hydrogens (tertiary/aromatic N) is 1. The molecule has 0 unspecified atom stereocenters. The number of benzene rings is 1. The maximum Gasteiger partial charge on any atom is 0.234 e. The van der Waals surface area contributed by atoms with Crippen LogP contribution in [-0.4, -0.2) is 26.8 Å². The van der Waals surface area contributed by atoms with Crippen LogP contribution in [0.5, 0.6) is 0 Å². The highest BCUT2D eigenvalue weighted by Crippen LogP contribution is 2.19. The molecule has 0 aliphatic carbocycles. The van der Waals surface area contributed by atoms with Gasteiger partial charge in [0, 0.05) is 18.1 Å². The molecule has 2 aromatic heterocycles. The van der Waals surface area contributed by atoms with Crippen LogP contribution in [-0.2, 0) is 4.79 Å². The third-order valence-corrected chi connectivity index (χ3v) is 3.88. The summed E-state index contributed by atoms with van der Waals surface area (Å²) in [4.78, 5) is 14.9. The predicted octanol–water partition coefficient (Wildman–Crippen LogP) is 3.14. The van der Waals surface area contributed by atoms with Crippen LogP contribution >= 0.6 is 11.8 Å². The Labute approximate surface area is 126 Å². The number of anilines is 1. The van der Waals surface area contributed by atoms with Gasteiger partial charge in [0.05, 0.1) is 16.5 Å². The Bertz CT molecular complexity index is 690. The van der Waals surface area contributed by atoms with Gasteiger partial charge < -0.3 is 10.3 Å². The summed E-state index contributed by atoms with van der Waals surface area (Å²) < 4.78 is 0. The van der Waals surface area contributed by atoms with E-state index in [-0.39, 0.29) is 5.91 Å². The minimum atomic E-state index is -0.0242. The van der Waals surface area contributed by atoms with Gasteiger partial charge in [0.15, 0.2) is 0 Å². The maximum absolute atomic E-state index is 11.9. The molecule has 1 amide bonds. The first-order chi connectivity index (χ1) is 10.3. The van der Waals surface area contributed by atoms with E-state index < -0.39 is 0 Å². The average Bonchev–Trinajstić information content (AvgIpc) is 3.19. The van der Waals surface area contributed by atoms with Crippen molar-refractivity contribution in [1.82, 2.24) is 15.2 Å². The standard InChI is InChI=1S/C15H14N4OS/c20-14(10-21-15-2-1-8-16-15)18-12-5-3-11(4-6-12)13-7-9-17-19-13/h1-9,16H,10H2,(H,17,19)(H,18,20). The zero-order valence-electron chi connectivity index (χ0n) is 11.2. The number of rotatable bonds is 5. The van der Waals surface area contributed by atoms with Gasteiger partial charge in [-0.05, 0) is 35.9 Å². The van der Waals surface area contributed by atoms with Crippen LogP contribution in [0.2, 0.25) is 0 Å². The summed E-state index contributed by atoms with van der Waals surface area (Å²) >= 11 is 1.47. The molecule has 0 atom stereocenters. The monoisotopic (exact) mass is 298 g/mol. The molecule has 3 rings (SSSR count). The normalized spacial score (nSPS) is 10.5. The second-order valence-corrected chi connectivity index (χ2v) is 5.44. The van der Waals surface area contributed by atoms with Gasteiger partial charge in [-0.25, -0.2) is 0 Å². The Morgan fingerprint density at radius 2 is 2.05 bits per heavy atom. The average molecular weight is 298 g/mol. The molecule has 5 nitrogen and oxygen atoms in total. The fourth-order valence-electron chi connectivity index (χ4n) is 1.89. The van der Waals surface area contributed by atoms with Crippen molar-refractivity contribution in [2.45, 2.75) is 5.03 Å². The number of nitrogens with one attached hydrogen (secondary N) is 3. The minimum absolute atomic E-state index is 0.0242. The number of aromatic nitrogens is 3. The van der Waals surface area contributed by atoms with Crippen LogP contribution in [0, 0.1) is 0 Å². The molecule has 0 radical (unpaired) electrons. The number of hydrogen-bond acceptors (Lipinski definition) is 3. The van der Waals surface area contributed by atoms with Crippen molar-refractivity contribution in [3.8, 4) is 11.3 Å². The summed E-state index contributed by atoms with van der Waals surface area (Å²) in [5, 5.41) is 10.7. The van der Waals surface area contributed by atoms with Crippen LogP contribution in [0.3, 0.4) is 0 Å². The van der Waals surface area contributed by atoms with Crippen molar-refractivity contribution in [2.24, 2.45) is 0 Å². The first-order valence-corrected chi connectivity index (χ1v) is 7.46. The fraction of sp³-hybridized carbons (Fsp3) is 0.0667. The zero-order valence-corrected chi connectivity index (χ0v) is 12.0. The van der Waals surface area contributed by atoms with Crippen LogP contribution in [0.25, 0.3) is 11.3 Å². The molecule has 0 bridgehead atoms.